The van der Waals surface area contributed by atoms with Gasteiger partial charge in [0.15, 0.2) is 5.69 Å². The van der Waals surface area contributed by atoms with E-state index in [0.29, 0.717) is 11.1 Å². The molecule has 3 aromatic carbocycles. The van der Waals surface area contributed by atoms with Crippen molar-refractivity contribution in [2.45, 2.75) is 38.8 Å². The van der Waals surface area contributed by atoms with Gasteiger partial charge in [-0.1, -0.05) is 60.7 Å². The van der Waals surface area contributed by atoms with Crippen LogP contribution in [0, 0.1) is 5.82 Å². The second-order valence-electron chi connectivity index (χ2n) is 8.71. The van der Waals surface area contributed by atoms with Gasteiger partial charge in [-0.25, -0.2) is 9.37 Å². The van der Waals surface area contributed by atoms with Gasteiger partial charge in [0, 0.05) is 13.1 Å². The van der Waals surface area contributed by atoms with Crippen LogP contribution in [0.5, 0.6) is 0 Å². The minimum atomic E-state index is -4.47. The quantitative estimate of drug-likeness (QED) is 0.260. The summed E-state index contributed by atoms with van der Waals surface area (Å²) >= 11 is 0. The highest BCUT2D eigenvalue weighted by Crippen LogP contribution is 2.30. The Hall–Kier alpha value is -3.98. The molecule has 0 fully saturated rings. The second kappa shape index (κ2) is 11.4. The molecular weight excluding hydrogens is 486 g/mol. The first-order valence-electron chi connectivity index (χ1n) is 11.6. The molecule has 1 N–H and O–H groups in total. The van der Waals surface area contributed by atoms with Crippen LogP contribution in [0.2, 0.25) is 0 Å². The van der Waals surface area contributed by atoms with Gasteiger partial charge in [-0.3, -0.25) is 9.69 Å². The van der Waals surface area contributed by atoms with Crippen LogP contribution >= 0.6 is 0 Å². The Balaban J connectivity index is 1.50. The minimum Gasteiger partial charge on any atom is -0.447 e. The molecule has 5 nitrogen and oxygen atoms in total. The number of rotatable bonds is 9. The number of benzene rings is 3. The van der Waals surface area contributed by atoms with Crippen molar-refractivity contribution in [2.24, 2.45) is 0 Å². The number of halogens is 4. The van der Waals surface area contributed by atoms with Gasteiger partial charge in [-0.2, -0.15) is 13.2 Å². The van der Waals surface area contributed by atoms with E-state index in [2.05, 4.69) is 10.3 Å². The Morgan fingerprint density at radius 1 is 0.946 bits per heavy atom. The fourth-order valence-corrected chi connectivity index (χ4v) is 3.94. The lowest BCUT2D eigenvalue weighted by molar-refractivity contribution is -0.137. The molecule has 0 bridgehead atoms. The third kappa shape index (κ3) is 7.27. The highest BCUT2D eigenvalue weighted by molar-refractivity contribution is 5.92. The van der Waals surface area contributed by atoms with E-state index in [9.17, 15) is 22.4 Å². The van der Waals surface area contributed by atoms with E-state index in [1.54, 1.807) is 23.1 Å². The Morgan fingerprint density at radius 2 is 1.62 bits per heavy atom. The molecule has 0 saturated heterocycles. The largest absolute Gasteiger partial charge is 0.447 e. The minimum absolute atomic E-state index is 0.0857. The average Bonchev–Trinajstić information content (AvgIpc) is 3.33. The highest BCUT2D eigenvalue weighted by Gasteiger charge is 2.30. The fraction of sp³-hybridized carbons (Fsp3) is 0.214. The number of nitrogens with one attached hydrogen (secondary N) is 1. The first kappa shape index (κ1) is 26.1. The van der Waals surface area contributed by atoms with Gasteiger partial charge in [0.1, 0.15) is 12.1 Å². The summed E-state index contributed by atoms with van der Waals surface area (Å²) in [6.07, 6.45) is -3.22. The summed E-state index contributed by atoms with van der Waals surface area (Å²) in [5.41, 5.74) is 1.32. The number of amides is 1. The highest BCUT2D eigenvalue weighted by atomic mass is 19.4. The van der Waals surface area contributed by atoms with Crippen molar-refractivity contribution in [1.29, 1.82) is 0 Å². The van der Waals surface area contributed by atoms with E-state index in [4.69, 9.17) is 4.42 Å². The number of nitrogens with zero attached hydrogens (tertiary/aromatic N) is 2. The number of aromatic nitrogens is 1. The van der Waals surface area contributed by atoms with E-state index in [1.807, 2.05) is 37.3 Å². The van der Waals surface area contributed by atoms with E-state index in [0.717, 1.165) is 17.7 Å². The topological polar surface area (TPSA) is 58.4 Å². The molecule has 1 atom stereocenters. The van der Waals surface area contributed by atoms with Crippen LogP contribution in [0.15, 0.2) is 89.5 Å². The molecule has 0 saturated carbocycles. The standard InChI is InChI=1S/C28H25F4N3O2/c1-19(22-9-3-2-4-10-22)33-27(36)25-18-37-26(34-25)17-35(16-21-8-6-12-24(29)14-21)15-20-7-5-11-23(13-20)28(30,31)32/h2-14,18-19H,15-17H2,1H3,(H,33,36)/t19-/m1/s1. The third-order valence-electron chi connectivity index (χ3n) is 5.75. The van der Waals surface area contributed by atoms with Crippen molar-refractivity contribution in [3.8, 4) is 0 Å². The smallest absolute Gasteiger partial charge is 0.416 e. The lowest BCUT2D eigenvalue weighted by Gasteiger charge is -2.21. The number of carbonyl (C=O) groups is 1. The second-order valence-corrected chi connectivity index (χ2v) is 8.71. The molecule has 1 amide bonds. The van der Waals surface area contributed by atoms with Gasteiger partial charge in [0.25, 0.3) is 5.91 Å². The van der Waals surface area contributed by atoms with Gasteiger partial charge < -0.3 is 9.73 Å². The molecule has 4 rings (SSSR count). The molecule has 4 aromatic rings. The van der Waals surface area contributed by atoms with Crippen molar-refractivity contribution in [3.63, 3.8) is 0 Å². The lowest BCUT2D eigenvalue weighted by atomic mass is 10.1. The van der Waals surface area contributed by atoms with Crippen molar-refractivity contribution >= 4 is 5.91 Å². The summed E-state index contributed by atoms with van der Waals surface area (Å²) in [6.45, 7) is 2.29. The summed E-state index contributed by atoms with van der Waals surface area (Å²) in [5, 5.41) is 2.86. The van der Waals surface area contributed by atoms with Crippen LogP contribution in [0.1, 0.15) is 51.6 Å². The SMILES string of the molecule is C[C@@H](NC(=O)c1coc(CN(Cc2cccc(F)c2)Cc2cccc(C(F)(F)F)c2)n1)c1ccccc1. The van der Waals surface area contributed by atoms with Gasteiger partial charge in [0.2, 0.25) is 5.89 Å². The van der Waals surface area contributed by atoms with Gasteiger partial charge in [-0.15, -0.1) is 0 Å². The monoisotopic (exact) mass is 511 g/mol. The zero-order valence-electron chi connectivity index (χ0n) is 20.0. The summed E-state index contributed by atoms with van der Waals surface area (Å²) in [7, 11) is 0. The Kier molecular flexibility index (Phi) is 8.03. The van der Waals surface area contributed by atoms with E-state index in [-0.39, 0.29) is 37.3 Å². The van der Waals surface area contributed by atoms with Crippen LogP contribution in [0.25, 0.3) is 0 Å². The van der Waals surface area contributed by atoms with Crippen molar-refractivity contribution in [1.82, 2.24) is 15.2 Å². The maximum Gasteiger partial charge on any atom is 0.416 e. The Morgan fingerprint density at radius 3 is 2.30 bits per heavy atom. The molecule has 192 valence electrons. The number of oxazole rings is 1. The molecule has 0 aliphatic carbocycles. The fourth-order valence-electron chi connectivity index (χ4n) is 3.94. The number of hydrogen-bond acceptors (Lipinski definition) is 4. The first-order chi connectivity index (χ1) is 17.7. The summed E-state index contributed by atoms with van der Waals surface area (Å²) < 4.78 is 58.9. The van der Waals surface area contributed by atoms with Gasteiger partial charge in [0.05, 0.1) is 18.2 Å². The summed E-state index contributed by atoms with van der Waals surface area (Å²) in [4.78, 5) is 18.7. The third-order valence-corrected chi connectivity index (χ3v) is 5.75. The van der Waals surface area contributed by atoms with Crippen LogP contribution in [0.4, 0.5) is 17.6 Å². The van der Waals surface area contributed by atoms with Crippen molar-refractivity contribution < 1.29 is 26.8 Å². The lowest BCUT2D eigenvalue weighted by Crippen LogP contribution is -2.27. The van der Waals surface area contributed by atoms with Gasteiger partial charge in [-0.05, 0) is 41.8 Å². The molecule has 0 aliphatic heterocycles. The molecule has 0 radical (unpaired) electrons. The van der Waals surface area contributed by atoms with Crippen LogP contribution in [-0.2, 0) is 25.8 Å². The molecule has 1 heterocycles. The predicted octanol–water partition coefficient (Wildman–Crippen LogP) is 6.53. The van der Waals surface area contributed by atoms with Crippen molar-refractivity contribution in [2.75, 3.05) is 0 Å². The van der Waals surface area contributed by atoms with Crippen LogP contribution < -0.4 is 5.32 Å². The van der Waals surface area contributed by atoms with Crippen molar-refractivity contribution in [3.05, 3.63) is 125 Å². The van der Waals surface area contributed by atoms with E-state index >= 15 is 0 Å². The Bertz CT molecular complexity index is 1340. The number of alkyl halides is 3. The molecule has 0 unspecified atom stereocenters. The zero-order valence-corrected chi connectivity index (χ0v) is 20.0. The zero-order chi connectivity index (χ0) is 26.4. The average molecular weight is 512 g/mol. The first-order valence-corrected chi connectivity index (χ1v) is 11.6. The normalized spacial score (nSPS) is 12.5. The van der Waals surface area contributed by atoms with E-state index < -0.39 is 23.5 Å². The maximum absolute atomic E-state index is 13.8. The predicted molar refractivity (Wildman–Crippen MR) is 130 cm³/mol. The molecule has 1 aromatic heterocycles. The van der Waals surface area contributed by atoms with Gasteiger partial charge >= 0.3 is 6.18 Å². The molecule has 0 aliphatic rings. The summed E-state index contributed by atoms with van der Waals surface area (Å²) in [5.74, 6) is -0.624. The van der Waals surface area contributed by atoms with Crippen LogP contribution in [-0.4, -0.2) is 15.8 Å². The maximum atomic E-state index is 13.8. The molecule has 37 heavy (non-hydrogen) atoms. The number of hydrogen-bond donors (Lipinski definition) is 1. The number of carbonyl (C=O) groups excluding carboxylic acids is 1. The molecular formula is C28H25F4N3O2. The summed E-state index contributed by atoms with van der Waals surface area (Å²) in [6, 6.07) is 20.2. The Labute approximate surface area is 211 Å². The molecule has 9 heteroatoms. The van der Waals surface area contributed by atoms with E-state index in [1.165, 1.54) is 24.5 Å². The van der Waals surface area contributed by atoms with Crippen LogP contribution in [0.3, 0.4) is 0 Å². The molecule has 0 spiro atoms.